The van der Waals surface area contributed by atoms with Gasteiger partial charge in [-0.25, -0.2) is 9.78 Å². The molecule has 0 saturated carbocycles. The fourth-order valence-corrected chi connectivity index (χ4v) is 4.61. The number of aromatic nitrogens is 2. The van der Waals surface area contributed by atoms with Crippen molar-refractivity contribution in [3.05, 3.63) is 46.6 Å². The first kappa shape index (κ1) is 20.3. The van der Waals surface area contributed by atoms with E-state index in [0.717, 1.165) is 11.8 Å². The number of furan rings is 1. The highest BCUT2D eigenvalue weighted by molar-refractivity contribution is 8.18. The second-order valence-electron chi connectivity index (χ2n) is 6.67. The number of nitrogens with zero attached hydrogens (tertiary/aromatic N) is 2. The van der Waals surface area contributed by atoms with Crippen LogP contribution in [0.3, 0.4) is 0 Å². The predicted molar refractivity (Wildman–Crippen MR) is 113 cm³/mol. The second-order valence-corrected chi connectivity index (χ2v) is 8.66. The summed E-state index contributed by atoms with van der Waals surface area (Å²) < 4.78 is 10.5. The molecule has 1 aromatic carbocycles. The lowest BCUT2D eigenvalue weighted by molar-refractivity contribution is -0.123. The van der Waals surface area contributed by atoms with Crippen molar-refractivity contribution < 1.29 is 23.5 Å². The Labute approximate surface area is 180 Å². The van der Waals surface area contributed by atoms with Gasteiger partial charge in [-0.1, -0.05) is 0 Å². The summed E-state index contributed by atoms with van der Waals surface area (Å²) in [5, 5.41) is 0.876. The van der Waals surface area contributed by atoms with Gasteiger partial charge in [0.1, 0.15) is 5.76 Å². The highest BCUT2D eigenvalue weighted by atomic mass is 32.2. The number of amides is 2. The summed E-state index contributed by atoms with van der Waals surface area (Å²) in [4.78, 5) is 45.2. The molecule has 30 heavy (non-hydrogen) atoms. The first-order chi connectivity index (χ1) is 14.4. The maximum absolute atomic E-state index is 12.4. The van der Waals surface area contributed by atoms with E-state index in [1.807, 2.05) is 0 Å². The van der Waals surface area contributed by atoms with Crippen LogP contribution in [-0.4, -0.2) is 45.1 Å². The van der Waals surface area contributed by atoms with Crippen LogP contribution in [0.5, 0.6) is 0 Å². The number of H-pyrrole nitrogens is 1. The number of hydrogen-bond acceptors (Lipinski definition) is 8. The highest BCUT2D eigenvalue weighted by Crippen LogP contribution is 2.35. The number of ether oxygens (including phenoxy) is 1. The number of hydrogen-bond donors (Lipinski definition) is 1. The third-order valence-corrected chi connectivity index (χ3v) is 5.98. The number of aromatic amines is 1. The zero-order valence-corrected chi connectivity index (χ0v) is 17.9. The van der Waals surface area contributed by atoms with Crippen molar-refractivity contribution in [2.75, 3.05) is 7.11 Å². The number of rotatable bonds is 5. The Bertz CT molecular complexity index is 1190. The number of fused-ring (bicyclic) bond motifs is 1. The van der Waals surface area contributed by atoms with Gasteiger partial charge in [0.25, 0.3) is 11.1 Å². The maximum atomic E-state index is 12.4. The van der Waals surface area contributed by atoms with Crippen LogP contribution < -0.4 is 0 Å². The van der Waals surface area contributed by atoms with E-state index in [9.17, 15) is 14.4 Å². The van der Waals surface area contributed by atoms with Crippen molar-refractivity contribution >= 4 is 57.7 Å². The molecular weight excluding hydrogens is 426 g/mol. The normalized spacial score (nSPS) is 15.7. The number of carbonyl (C=O) groups excluding carboxylic acids is 3. The van der Waals surface area contributed by atoms with Gasteiger partial charge in [0.05, 0.1) is 28.6 Å². The van der Waals surface area contributed by atoms with Crippen molar-refractivity contribution in [2.45, 2.75) is 30.1 Å². The maximum Gasteiger partial charge on any atom is 0.337 e. The molecule has 0 aliphatic carbocycles. The Morgan fingerprint density at radius 2 is 2.10 bits per heavy atom. The average Bonchev–Trinajstić information content (AvgIpc) is 3.38. The van der Waals surface area contributed by atoms with Crippen LogP contribution in [0.1, 0.15) is 30.0 Å². The van der Waals surface area contributed by atoms with Crippen LogP contribution in [0.25, 0.3) is 17.1 Å². The Hall–Kier alpha value is -2.98. The number of methoxy groups -OCH3 is 1. The van der Waals surface area contributed by atoms with Crippen LogP contribution >= 0.6 is 23.5 Å². The molecule has 4 rings (SSSR count). The molecule has 3 heterocycles. The average molecular weight is 444 g/mol. The van der Waals surface area contributed by atoms with E-state index in [1.165, 1.54) is 23.8 Å². The molecule has 3 aromatic rings. The van der Waals surface area contributed by atoms with Crippen LogP contribution in [0, 0.1) is 0 Å². The molecule has 0 bridgehead atoms. The zero-order valence-electron chi connectivity index (χ0n) is 16.3. The van der Waals surface area contributed by atoms with Gasteiger partial charge in [-0.2, -0.15) is 0 Å². The summed E-state index contributed by atoms with van der Waals surface area (Å²) in [7, 11) is 1.33. The van der Waals surface area contributed by atoms with Gasteiger partial charge in [0.15, 0.2) is 10.2 Å². The standard InChI is InChI=1S/C20H17N3O5S2/c1-10(2)23-17(24)15(29-20(23)26)9-12-5-7-16(28-12)30-19-21-13-6-4-11(18(25)27-3)8-14(13)22-19/h4-10H,1-3H3,(H,21,22). The molecule has 0 unspecified atom stereocenters. The summed E-state index contributed by atoms with van der Waals surface area (Å²) in [6, 6.07) is 8.36. The molecule has 154 valence electrons. The van der Waals surface area contributed by atoms with Crippen LogP contribution in [0.4, 0.5) is 4.79 Å². The third kappa shape index (κ3) is 3.88. The van der Waals surface area contributed by atoms with Gasteiger partial charge >= 0.3 is 5.97 Å². The van der Waals surface area contributed by atoms with E-state index in [0.29, 0.717) is 37.5 Å². The number of thioether (sulfide) groups is 1. The smallest absolute Gasteiger partial charge is 0.337 e. The number of imide groups is 1. The number of imidazole rings is 1. The Morgan fingerprint density at radius 3 is 2.80 bits per heavy atom. The summed E-state index contributed by atoms with van der Waals surface area (Å²) in [5.74, 6) is -0.265. The van der Waals surface area contributed by atoms with Gasteiger partial charge in [-0.3, -0.25) is 14.5 Å². The largest absolute Gasteiger partial charge is 0.465 e. The van der Waals surface area contributed by atoms with E-state index < -0.39 is 5.97 Å². The molecule has 1 fully saturated rings. The van der Waals surface area contributed by atoms with E-state index in [-0.39, 0.29) is 17.2 Å². The fraction of sp³-hybridized carbons (Fsp3) is 0.200. The lowest BCUT2D eigenvalue weighted by Gasteiger charge is -2.16. The van der Waals surface area contributed by atoms with Gasteiger partial charge in [0.2, 0.25) is 0 Å². The minimum atomic E-state index is -0.418. The molecule has 8 nitrogen and oxygen atoms in total. The van der Waals surface area contributed by atoms with E-state index in [1.54, 1.807) is 50.3 Å². The monoisotopic (exact) mass is 443 g/mol. The number of carbonyl (C=O) groups is 3. The molecule has 1 aliphatic heterocycles. The highest BCUT2D eigenvalue weighted by Gasteiger charge is 2.36. The Morgan fingerprint density at radius 1 is 1.30 bits per heavy atom. The van der Waals surface area contributed by atoms with Crippen molar-refractivity contribution in [1.29, 1.82) is 0 Å². The Balaban J connectivity index is 1.52. The van der Waals surface area contributed by atoms with Gasteiger partial charge in [-0.15, -0.1) is 0 Å². The first-order valence-corrected chi connectivity index (χ1v) is 10.6. The van der Waals surface area contributed by atoms with Crippen LogP contribution in [0.2, 0.25) is 0 Å². The van der Waals surface area contributed by atoms with Gasteiger partial charge in [-0.05, 0) is 67.7 Å². The number of benzene rings is 1. The quantitative estimate of drug-likeness (QED) is 0.453. The van der Waals surface area contributed by atoms with E-state index in [2.05, 4.69) is 9.97 Å². The zero-order chi connectivity index (χ0) is 21.4. The van der Waals surface area contributed by atoms with Crippen molar-refractivity contribution in [3.63, 3.8) is 0 Å². The molecule has 1 N–H and O–H groups in total. The summed E-state index contributed by atoms with van der Waals surface area (Å²) in [5.41, 5.74) is 1.84. The minimum Gasteiger partial charge on any atom is -0.465 e. The predicted octanol–water partition coefficient (Wildman–Crippen LogP) is 4.54. The lowest BCUT2D eigenvalue weighted by atomic mass is 10.2. The molecule has 0 atom stereocenters. The van der Waals surface area contributed by atoms with Crippen LogP contribution in [0.15, 0.2) is 49.9 Å². The topological polar surface area (TPSA) is 106 Å². The van der Waals surface area contributed by atoms with E-state index >= 15 is 0 Å². The molecule has 2 amide bonds. The van der Waals surface area contributed by atoms with Crippen molar-refractivity contribution in [1.82, 2.24) is 14.9 Å². The number of esters is 1. The van der Waals surface area contributed by atoms with Crippen molar-refractivity contribution in [2.24, 2.45) is 0 Å². The second kappa shape index (κ2) is 8.04. The van der Waals surface area contributed by atoms with Crippen LogP contribution in [-0.2, 0) is 9.53 Å². The molecule has 0 spiro atoms. The molecule has 1 aliphatic rings. The van der Waals surface area contributed by atoms with Gasteiger partial charge < -0.3 is 14.1 Å². The Kier molecular flexibility index (Phi) is 5.44. The molecule has 0 radical (unpaired) electrons. The van der Waals surface area contributed by atoms with Gasteiger partial charge in [0, 0.05) is 12.1 Å². The third-order valence-electron chi connectivity index (χ3n) is 4.29. The van der Waals surface area contributed by atoms with Crippen molar-refractivity contribution in [3.8, 4) is 0 Å². The first-order valence-electron chi connectivity index (χ1n) is 8.98. The SMILES string of the molecule is COC(=O)c1ccc2nc(Sc3ccc(C=C4SC(=O)N(C(C)C)C4=O)o3)[nH]c2c1. The summed E-state index contributed by atoms with van der Waals surface area (Å²) in [6.07, 6.45) is 1.57. The molecule has 10 heteroatoms. The molecule has 2 aromatic heterocycles. The fourth-order valence-electron chi connectivity index (χ4n) is 2.90. The lowest BCUT2D eigenvalue weighted by Crippen LogP contribution is -2.34. The molecular formula is C20H17N3O5S2. The summed E-state index contributed by atoms with van der Waals surface area (Å²) in [6.45, 7) is 3.59. The minimum absolute atomic E-state index is 0.195. The molecule has 1 saturated heterocycles. The number of nitrogens with one attached hydrogen (secondary N) is 1. The summed E-state index contributed by atoms with van der Waals surface area (Å²) >= 11 is 2.17. The van der Waals surface area contributed by atoms with E-state index in [4.69, 9.17) is 9.15 Å².